The molecule has 2 aliphatic heterocycles. The third-order valence-corrected chi connectivity index (χ3v) is 5.67. The van der Waals surface area contributed by atoms with Gasteiger partial charge in [-0.2, -0.15) is 0 Å². The number of imide groups is 1. The molecule has 1 saturated heterocycles. The van der Waals surface area contributed by atoms with Crippen LogP contribution in [0, 0.1) is 5.92 Å². The molecule has 0 radical (unpaired) electrons. The van der Waals surface area contributed by atoms with Gasteiger partial charge in [0.1, 0.15) is 0 Å². The van der Waals surface area contributed by atoms with Gasteiger partial charge in [0.2, 0.25) is 5.91 Å². The quantitative estimate of drug-likeness (QED) is 0.929. The second-order valence-electron chi connectivity index (χ2n) is 6.09. The molecule has 2 fully saturated rings. The Bertz CT molecular complexity index is 565. The highest BCUT2D eigenvalue weighted by atomic mass is 32.1. The van der Waals surface area contributed by atoms with Crippen LogP contribution < -0.4 is 5.32 Å². The zero-order valence-corrected chi connectivity index (χ0v) is 12.7. The standard InChI is InChI=1S/C15H19N3O2S/c19-13-3-6-16-15(20)18(13)9-17-7-4-12-11(5-8-21-12)14(17)10-1-2-10/h5,8,10,14H,1-4,6-7,9H2,(H,16,20)/t14-/m0/s1. The molecule has 3 amide bonds. The van der Waals surface area contributed by atoms with Crippen LogP contribution >= 0.6 is 11.3 Å². The molecule has 4 rings (SSSR count). The molecule has 3 aliphatic rings. The fraction of sp³-hybridized carbons (Fsp3) is 0.600. The van der Waals surface area contributed by atoms with E-state index in [-0.39, 0.29) is 11.9 Å². The molecule has 1 aromatic heterocycles. The largest absolute Gasteiger partial charge is 0.337 e. The third-order valence-electron chi connectivity index (χ3n) is 4.67. The highest BCUT2D eigenvalue weighted by Gasteiger charge is 2.41. The van der Waals surface area contributed by atoms with Crippen LogP contribution in [-0.4, -0.2) is 41.5 Å². The summed E-state index contributed by atoms with van der Waals surface area (Å²) in [6.07, 6.45) is 3.96. The van der Waals surface area contributed by atoms with Crippen LogP contribution in [-0.2, 0) is 11.2 Å². The molecule has 5 nitrogen and oxygen atoms in total. The molecule has 0 spiro atoms. The SMILES string of the molecule is O=C1CCNC(=O)N1CN1CCc2sccc2[C@@H]1C1CC1. The lowest BCUT2D eigenvalue weighted by molar-refractivity contribution is -0.131. The van der Waals surface area contributed by atoms with Crippen LogP contribution in [0.25, 0.3) is 0 Å². The zero-order valence-electron chi connectivity index (χ0n) is 11.9. The van der Waals surface area contributed by atoms with E-state index in [9.17, 15) is 9.59 Å². The number of nitrogens with zero attached hydrogens (tertiary/aromatic N) is 2. The molecule has 0 bridgehead atoms. The van der Waals surface area contributed by atoms with E-state index in [0.717, 1.165) is 13.0 Å². The number of hydrogen-bond acceptors (Lipinski definition) is 4. The van der Waals surface area contributed by atoms with Crippen molar-refractivity contribution in [1.82, 2.24) is 15.1 Å². The summed E-state index contributed by atoms with van der Waals surface area (Å²) in [5.74, 6) is 0.644. The molecule has 112 valence electrons. The summed E-state index contributed by atoms with van der Waals surface area (Å²) in [5.41, 5.74) is 1.43. The fourth-order valence-corrected chi connectivity index (χ4v) is 4.38. The van der Waals surface area contributed by atoms with Crippen LogP contribution in [0.2, 0.25) is 0 Å². The van der Waals surface area contributed by atoms with Crippen LogP contribution in [0.1, 0.15) is 35.7 Å². The van der Waals surface area contributed by atoms with Gasteiger partial charge in [0.05, 0.1) is 6.67 Å². The molecule has 1 atom stereocenters. The highest BCUT2D eigenvalue weighted by Crippen LogP contribution is 2.48. The first-order valence-corrected chi connectivity index (χ1v) is 8.50. The first-order valence-electron chi connectivity index (χ1n) is 7.62. The molecule has 6 heteroatoms. The van der Waals surface area contributed by atoms with Crippen molar-refractivity contribution in [3.63, 3.8) is 0 Å². The van der Waals surface area contributed by atoms with Gasteiger partial charge >= 0.3 is 6.03 Å². The van der Waals surface area contributed by atoms with E-state index >= 15 is 0 Å². The molecular weight excluding hydrogens is 286 g/mol. The van der Waals surface area contributed by atoms with Gasteiger partial charge in [-0.15, -0.1) is 11.3 Å². The Kier molecular flexibility index (Phi) is 3.23. The lowest BCUT2D eigenvalue weighted by atomic mass is 9.96. The number of fused-ring (bicyclic) bond motifs is 1. The van der Waals surface area contributed by atoms with E-state index in [1.807, 2.05) is 11.3 Å². The predicted octanol–water partition coefficient (Wildman–Crippen LogP) is 1.96. The minimum atomic E-state index is -0.239. The van der Waals surface area contributed by atoms with Crippen molar-refractivity contribution in [2.75, 3.05) is 19.8 Å². The number of carbonyl (C=O) groups excluding carboxylic acids is 2. The zero-order chi connectivity index (χ0) is 14.4. The number of carbonyl (C=O) groups is 2. The van der Waals surface area contributed by atoms with Crippen molar-refractivity contribution in [3.8, 4) is 0 Å². The van der Waals surface area contributed by atoms with Crippen molar-refractivity contribution >= 4 is 23.3 Å². The Labute approximate surface area is 127 Å². The molecule has 1 saturated carbocycles. The summed E-state index contributed by atoms with van der Waals surface area (Å²) in [5, 5.41) is 4.94. The number of amides is 3. The van der Waals surface area contributed by atoms with Crippen LogP contribution in [0.3, 0.4) is 0 Å². The molecule has 0 aromatic carbocycles. The molecule has 21 heavy (non-hydrogen) atoms. The maximum Gasteiger partial charge on any atom is 0.325 e. The average Bonchev–Trinajstić information content (AvgIpc) is 3.19. The van der Waals surface area contributed by atoms with Crippen molar-refractivity contribution in [2.24, 2.45) is 5.92 Å². The van der Waals surface area contributed by atoms with Gasteiger partial charge in [0, 0.05) is 30.4 Å². The maximum absolute atomic E-state index is 12.0. The van der Waals surface area contributed by atoms with E-state index < -0.39 is 0 Å². The minimum absolute atomic E-state index is 0.0515. The lowest BCUT2D eigenvalue weighted by Gasteiger charge is -2.39. The topological polar surface area (TPSA) is 52.7 Å². The Morgan fingerprint density at radius 2 is 2.14 bits per heavy atom. The Balaban J connectivity index is 1.57. The maximum atomic E-state index is 12.0. The van der Waals surface area contributed by atoms with E-state index in [1.165, 1.54) is 28.2 Å². The normalized spacial score (nSPS) is 26.7. The molecule has 1 aromatic rings. The van der Waals surface area contributed by atoms with Crippen LogP contribution in [0.15, 0.2) is 11.4 Å². The highest BCUT2D eigenvalue weighted by molar-refractivity contribution is 7.10. The summed E-state index contributed by atoms with van der Waals surface area (Å²) < 4.78 is 0. The third kappa shape index (κ3) is 2.36. The minimum Gasteiger partial charge on any atom is -0.337 e. The van der Waals surface area contributed by atoms with Crippen LogP contribution in [0.4, 0.5) is 4.79 Å². The summed E-state index contributed by atoms with van der Waals surface area (Å²) in [6.45, 7) is 1.84. The first-order chi connectivity index (χ1) is 10.2. The smallest absolute Gasteiger partial charge is 0.325 e. The van der Waals surface area contributed by atoms with Gasteiger partial charge in [-0.05, 0) is 42.2 Å². The second kappa shape index (κ2) is 5.10. The Hall–Kier alpha value is -1.40. The van der Waals surface area contributed by atoms with Gasteiger partial charge in [-0.3, -0.25) is 14.6 Å². The van der Waals surface area contributed by atoms with Crippen molar-refractivity contribution in [2.45, 2.75) is 31.7 Å². The monoisotopic (exact) mass is 305 g/mol. The van der Waals surface area contributed by atoms with E-state index in [2.05, 4.69) is 21.7 Å². The van der Waals surface area contributed by atoms with Crippen molar-refractivity contribution in [1.29, 1.82) is 0 Å². The average molecular weight is 305 g/mol. The van der Waals surface area contributed by atoms with Gasteiger partial charge in [-0.25, -0.2) is 4.79 Å². The fourth-order valence-electron chi connectivity index (χ4n) is 3.47. The number of rotatable bonds is 3. The molecule has 1 N–H and O–H groups in total. The lowest BCUT2D eigenvalue weighted by Crippen LogP contribution is -2.55. The Morgan fingerprint density at radius 3 is 2.90 bits per heavy atom. The molecule has 3 heterocycles. The van der Waals surface area contributed by atoms with Gasteiger partial charge in [-0.1, -0.05) is 0 Å². The van der Waals surface area contributed by atoms with Gasteiger partial charge in [0.25, 0.3) is 0 Å². The summed E-state index contributed by atoms with van der Waals surface area (Å²) >= 11 is 1.84. The van der Waals surface area contributed by atoms with Crippen molar-refractivity contribution in [3.05, 3.63) is 21.9 Å². The number of nitrogens with one attached hydrogen (secondary N) is 1. The number of hydrogen-bond donors (Lipinski definition) is 1. The second-order valence-corrected chi connectivity index (χ2v) is 7.09. The number of thiophene rings is 1. The van der Waals surface area contributed by atoms with Crippen LogP contribution in [0.5, 0.6) is 0 Å². The molecule has 1 aliphatic carbocycles. The van der Waals surface area contributed by atoms with Crippen molar-refractivity contribution < 1.29 is 9.59 Å². The van der Waals surface area contributed by atoms with Gasteiger partial charge < -0.3 is 5.32 Å². The Morgan fingerprint density at radius 1 is 1.29 bits per heavy atom. The van der Waals surface area contributed by atoms with E-state index in [0.29, 0.717) is 31.6 Å². The molecule has 0 unspecified atom stereocenters. The first kappa shape index (κ1) is 13.3. The van der Waals surface area contributed by atoms with Gasteiger partial charge in [0.15, 0.2) is 0 Å². The summed E-state index contributed by atoms with van der Waals surface area (Å²) in [6, 6.07) is 2.38. The summed E-state index contributed by atoms with van der Waals surface area (Å²) in [7, 11) is 0. The number of urea groups is 1. The predicted molar refractivity (Wildman–Crippen MR) is 79.9 cm³/mol. The van der Waals surface area contributed by atoms with E-state index in [1.54, 1.807) is 0 Å². The van der Waals surface area contributed by atoms with E-state index in [4.69, 9.17) is 0 Å². The molecular formula is C15H19N3O2S. The summed E-state index contributed by atoms with van der Waals surface area (Å²) in [4.78, 5) is 29.1.